The highest BCUT2D eigenvalue weighted by Crippen LogP contribution is 2.39. The van der Waals surface area contributed by atoms with Crippen LogP contribution in [0.2, 0.25) is 0 Å². The number of hydrogen-bond donors (Lipinski definition) is 0. The van der Waals surface area contributed by atoms with Crippen LogP contribution in [-0.2, 0) is 0 Å². The summed E-state index contributed by atoms with van der Waals surface area (Å²) in [7, 11) is 0. The second-order valence-corrected chi connectivity index (χ2v) is 4.18. The normalized spacial score (nSPS) is 34.8. The lowest BCUT2D eigenvalue weighted by atomic mass is 9.91. The Morgan fingerprint density at radius 2 is 1.90 bits per heavy atom. The molecule has 1 aliphatic rings. The third-order valence-corrected chi connectivity index (χ3v) is 2.67. The molecule has 2 atom stereocenters. The Hall–Kier alpha value is -0.0700. The molecule has 0 heterocycles. The predicted molar refractivity (Wildman–Crippen MR) is 41.7 cm³/mol. The Morgan fingerprint density at radius 1 is 1.30 bits per heavy atom. The van der Waals surface area contributed by atoms with Gasteiger partial charge in [0.2, 0.25) is 0 Å². The van der Waals surface area contributed by atoms with Gasteiger partial charge in [-0.25, -0.2) is 4.39 Å². The summed E-state index contributed by atoms with van der Waals surface area (Å²) in [6, 6.07) is 0. The first-order valence-electron chi connectivity index (χ1n) is 4.19. The van der Waals surface area contributed by atoms with Crippen molar-refractivity contribution in [3.05, 3.63) is 0 Å². The Morgan fingerprint density at radius 3 is 2.10 bits per heavy atom. The van der Waals surface area contributed by atoms with Crippen molar-refractivity contribution in [2.75, 3.05) is 0 Å². The Bertz CT molecular complexity index is 112. The SMILES string of the molecule is CC1CCC(C(C)(C)F)C1. The van der Waals surface area contributed by atoms with Crippen LogP contribution in [0.3, 0.4) is 0 Å². The molecule has 0 aromatic rings. The average Bonchev–Trinajstić information content (AvgIpc) is 2.11. The van der Waals surface area contributed by atoms with Crippen LogP contribution in [-0.4, -0.2) is 5.67 Å². The first-order chi connectivity index (χ1) is 4.50. The minimum absolute atomic E-state index is 0.322. The molecule has 0 aromatic heterocycles. The van der Waals surface area contributed by atoms with E-state index >= 15 is 0 Å². The van der Waals surface area contributed by atoms with Crippen molar-refractivity contribution in [3.63, 3.8) is 0 Å². The van der Waals surface area contributed by atoms with E-state index in [1.807, 2.05) is 0 Å². The Kier molecular flexibility index (Phi) is 2.02. The van der Waals surface area contributed by atoms with Gasteiger partial charge in [0.05, 0.1) is 0 Å². The van der Waals surface area contributed by atoms with Gasteiger partial charge in [0.1, 0.15) is 5.67 Å². The van der Waals surface area contributed by atoms with Gasteiger partial charge in [0.15, 0.2) is 0 Å². The highest BCUT2D eigenvalue weighted by atomic mass is 19.1. The van der Waals surface area contributed by atoms with Crippen molar-refractivity contribution in [2.45, 2.75) is 45.7 Å². The zero-order valence-corrected chi connectivity index (χ0v) is 7.15. The molecular formula is C9H17F. The van der Waals surface area contributed by atoms with Gasteiger partial charge in [-0.15, -0.1) is 0 Å². The van der Waals surface area contributed by atoms with E-state index in [-0.39, 0.29) is 0 Å². The lowest BCUT2D eigenvalue weighted by molar-refractivity contribution is 0.125. The lowest BCUT2D eigenvalue weighted by Gasteiger charge is -2.22. The number of halogens is 1. The fourth-order valence-electron chi connectivity index (χ4n) is 1.83. The van der Waals surface area contributed by atoms with Crippen molar-refractivity contribution in [1.29, 1.82) is 0 Å². The van der Waals surface area contributed by atoms with Crippen LogP contribution < -0.4 is 0 Å². The molecule has 0 saturated heterocycles. The topological polar surface area (TPSA) is 0 Å². The third-order valence-electron chi connectivity index (χ3n) is 2.67. The van der Waals surface area contributed by atoms with Gasteiger partial charge in [-0.05, 0) is 38.5 Å². The van der Waals surface area contributed by atoms with E-state index < -0.39 is 5.67 Å². The summed E-state index contributed by atoms with van der Waals surface area (Å²) in [5.74, 6) is 1.07. The molecule has 1 rings (SSSR count). The molecule has 0 nitrogen and oxygen atoms in total. The van der Waals surface area contributed by atoms with Gasteiger partial charge in [-0.2, -0.15) is 0 Å². The maximum Gasteiger partial charge on any atom is 0.108 e. The molecule has 0 amide bonds. The molecule has 2 unspecified atom stereocenters. The first kappa shape index (κ1) is 8.03. The number of hydrogen-bond acceptors (Lipinski definition) is 0. The summed E-state index contributed by atoms with van der Waals surface area (Å²) < 4.78 is 13.3. The van der Waals surface area contributed by atoms with Gasteiger partial charge >= 0.3 is 0 Å². The van der Waals surface area contributed by atoms with Gasteiger partial charge in [-0.3, -0.25) is 0 Å². The molecule has 0 N–H and O–H groups in total. The van der Waals surface area contributed by atoms with Crippen molar-refractivity contribution < 1.29 is 4.39 Å². The summed E-state index contributed by atoms with van der Waals surface area (Å²) in [5, 5.41) is 0. The minimum Gasteiger partial charge on any atom is -0.244 e. The molecule has 0 radical (unpaired) electrons. The summed E-state index contributed by atoms with van der Waals surface area (Å²) in [6.07, 6.45) is 3.40. The van der Waals surface area contributed by atoms with Crippen LogP contribution in [0.5, 0.6) is 0 Å². The van der Waals surface area contributed by atoms with Crippen LogP contribution in [0.25, 0.3) is 0 Å². The predicted octanol–water partition coefficient (Wildman–Crippen LogP) is 3.17. The maximum atomic E-state index is 13.3. The summed E-state index contributed by atoms with van der Waals surface area (Å²) >= 11 is 0. The van der Waals surface area contributed by atoms with Gasteiger partial charge in [0, 0.05) is 0 Å². The molecule has 0 aromatic carbocycles. The molecule has 1 heteroatoms. The van der Waals surface area contributed by atoms with Crippen molar-refractivity contribution in [3.8, 4) is 0 Å². The quantitative estimate of drug-likeness (QED) is 0.530. The molecule has 1 saturated carbocycles. The number of rotatable bonds is 1. The highest BCUT2D eigenvalue weighted by Gasteiger charge is 2.34. The van der Waals surface area contributed by atoms with E-state index in [0.29, 0.717) is 5.92 Å². The van der Waals surface area contributed by atoms with E-state index in [4.69, 9.17) is 0 Å². The Balaban J connectivity index is 2.45. The summed E-state index contributed by atoms with van der Waals surface area (Å²) in [4.78, 5) is 0. The van der Waals surface area contributed by atoms with E-state index in [2.05, 4.69) is 6.92 Å². The fraction of sp³-hybridized carbons (Fsp3) is 1.00. The minimum atomic E-state index is -0.940. The maximum absolute atomic E-state index is 13.3. The molecule has 0 aliphatic heterocycles. The van der Waals surface area contributed by atoms with E-state index in [1.165, 1.54) is 6.42 Å². The second kappa shape index (κ2) is 2.52. The van der Waals surface area contributed by atoms with E-state index in [0.717, 1.165) is 18.8 Å². The summed E-state index contributed by atoms with van der Waals surface area (Å²) in [6.45, 7) is 5.62. The molecule has 0 spiro atoms. The molecular weight excluding hydrogens is 127 g/mol. The van der Waals surface area contributed by atoms with Crippen molar-refractivity contribution in [1.82, 2.24) is 0 Å². The standard InChI is InChI=1S/C9H17F/c1-7-4-5-8(6-7)9(2,3)10/h7-8H,4-6H2,1-3H3. The monoisotopic (exact) mass is 144 g/mol. The van der Waals surface area contributed by atoms with Crippen LogP contribution in [0.4, 0.5) is 4.39 Å². The van der Waals surface area contributed by atoms with E-state index in [9.17, 15) is 4.39 Å². The summed E-state index contributed by atoms with van der Waals surface area (Å²) in [5.41, 5.74) is -0.940. The first-order valence-corrected chi connectivity index (χ1v) is 4.19. The van der Waals surface area contributed by atoms with Crippen LogP contribution in [0.15, 0.2) is 0 Å². The third kappa shape index (κ3) is 1.71. The van der Waals surface area contributed by atoms with Gasteiger partial charge in [-0.1, -0.05) is 13.3 Å². The molecule has 1 aliphatic carbocycles. The zero-order chi connectivity index (χ0) is 7.78. The highest BCUT2D eigenvalue weighted by molar-refractivity contribution is 4.84. The molecule has 0 bridgehead atoms. The zero-order valence-electron chi connectivity index (χ0n) is 7.15. The second-order valence-electron chi connectivity index (χ2n) is 4.18. The van der Waals surface area contributed by atoms with Crippen LogP contribution >= 0.6 is 0 Å². The molecule has 10 heavy (non-hydrogen) atoms. The number of alkyl halides is 1. The average molecular weight is 144 g/mol. The van der Waals surface area contributed by atoms with Crippen molar-refractivity contribution in [2.24, 2.45) is 11.8 Å². The van der Waals surface area contributed by atoms with Gasteiger partial charge in [0.25, 0.3) is 0 Å². The molecule has 60 valence electrons. The lowest BCUT2D eigenvalue weighted by Crippen LogP contribution is -2.23. The van der Waals surface area contributed by atoms with Crippen molar-refractivity contribution >= 4 is 0 Å². The Labute approximate surface area is 62.8 Å². The largest absolute Gasteiger partial charge is 0.244 e. The smallest absolute Gasteiger partial charge is 0.108 e. The van der Waals surface area contributed by atoms with Crippen LogP contribution in [0, 0.1) is 11.8 Å². The fourth-order valence-corrected chi connectivity index (χ4v) is 1.83. The van der Waals surface area contributed by atoms with Crippen LogP contribution in [0.1, 0.15) is 40.0 Å². The molecule has 1 fully saturated rings. The van der Waals surface area contributed by atoms with Gasteiger partial charge < -0.3 is 0 Å². The van der Waals surface area contributed by atoms with E-state index in [1.54, 1.807) is 13.8 Å².